The van der Waals surface area contributed by atoms with E-state index >= 15 is 0 Å². The number of halogens is 1. The molecule has 1 amide bonds. The van der Waals surface area contributed by atoms with Gasteiger partial charge in [0.2, 0.25) is 5.91 Å². The Morgan fingerprint density at radius 2 is 1.90 bits per heavy atom. The third-order valence-corrected chi connectivity index (χ3v) is 4.73. The fourth-order valence-corrected chi connectivity index (χ4v) is 3.34. The van der Waals surface area contributed by atoms with E-state index < -0.39 is 0 Å². The first-order valence-electron chi connectivity index (χ1n) is 7.75. The molecule has 5 heteroatoms. The van der Waals surface area contributed by atoms with Crippen LogP contribution >= 0.6 is 12.4 Å². The van der Waals surface area contributed by atoms with Crippen molar-refractivity contribution >= 4 is 18.3 Å². The van der Waals surface area contributed by atoms with Gasteiger partial charge in [0.1, 0.15) is 0 Å². The fraction of sp³-hybridized carbons (Fsp3) is 0.933. The van der Waals surface area contributed by atoms with Gasteiger partial charge in [-0.25, -0.2) is 0 Å². The second kappa shape index (κ2) is 7.62. The number of hydrogen-bond acceptors (Lipinski definition) is 3. The van der Waals surface area contributed by atoms with E-state index in [0.717, 1.165) is 32.4 Å². The molecule has 0 spiro atoms. The van der Waals surface area contributed by atoms with Gasteiger partial charge in [-0.05, 0) is 24.7 Å². The molecule has 20 heavy (non-hydrogen) atoms. The lowest BCUT2D eigenvalue weighted by Crippen LogP contribution is -2.54. The topological polar surface area (TPSA) is 58.4 Å². The number of piperidine rings is 1. The maximum absolute atomic E-state index is 12.1. The number of nitrogens with zero attached hydrogens (tertiary/aromatic N) is 1. The van der Waals surface area contributed by atoms with E-state index in [9.17, 15) is 4.79 Å². The molecule has 0 aromatic heterocycles. The van der Waals surface area contributed by atoms with Gasteiger partial charge in [0.05, 0.1) is 6.54 Å². The highest BCUT2D eigenvalue weighted by atomic mass is 35.5. The number of likely N-dealkylation sites (tertiary alicyclic amines) is 1. The molecule has 2 aliphatic rings. The minimum absolute atomic E-state index is 0. The summed E-state index contributed by atoms with van der Waals surface area (Å²) in [5.41, 5.74) is 6.24. The van der Waals surface area contributed by atoms with Crippen LogP contribution in [0.3, 0.4) is 0 Å². The van der Waals surface area contributed by atoms with Gasteiger partial charge in [-0.1, -0.05) is 33.1 Å². The normalized spacial score (nSPS) is 27.6. The van der Waals surface area contributed by atoms with E-state index in [1.807, 2.05) is 0 Å². The van der Waals surface area contributed by atoms with Gasteiger partial charge >= 0.3 is 0 Å². The molecule has 4 nitrogen and oxygen atoms in total. The Hall–Kier alpha value is -0.320. The van der Waals surface area contributed by atoms with Crippen molar-refractivity contribution in [1.82, 2.24) is 10.2 Å². The van der Waals surface area contributed by atoms with Crippen LogP contribution in [-0.2, 0) is 4.79 Å². The molecular formula is C15H30ClN3O. The number of hydrogen-bond donors (Lipinski definition) is 2. The van der Waals surface area contributed by atoms with Crippen molar-refractivity contribution in [3.8, 4) is 0 Å². The Kier molecular flexibility index (Phi) is 6.76. The predicted molar refractivity (Wildman–Crippen MR) is 85.1 cm³/mol. The SMILES string of the molecule is CC1(C)CN(CC(=O)NC2CCCCC2)CCC1N.Cl. The number of amides is 1. The zero-order chi connectivity index (χ0) is 13.9. The molecule has 2 rings (SSSR count). The first kappa shape index (κ1) is 17.7. The molecule has 1 saturated carbocycles. The first-order valence-corrected chi connectivity index (χ1v) is 7.75. The molecule has 1 unspecified atom stereocenters. The van der Waals surface area contributed by atoms with Crippen LogP contribution in [-0.4, -0.2) is 42.5 Å². The summed E-state index contributed by atoms with van der Waals surface area (Å²) >= 11 is 0. The monoisotopic (exact) mass is 303 g/mol. The van der Waals surface area contributed by atoms with Gasteiger partial charge in [-0.2, -0.15) is 0 Å². The molecular weight excluding hydrogens is 274 g/mol. The molecule has 0 radical (unpaired) electrons. The molecule has 2 fully saturated rings. The molecule has 1 atom stereocenters. The lowest BCUT2D eigenvalue weighted by Gasteiger charge is -2.42. The predicted octanol–water partition coefficient (Wildman–Crippen LogP) is 1.92. The van der Waals surface area contributed by atoms with Crippen molar-refractivity contribution in [3.63, 3.8) is 0 Å². The molecule has 118 valence electrons. The number of nitrogens with one attached hydrogen (secondary N) is 1. The van der Waals surface area contributed by atoms with E-state index in [1.54, 1.807) is 0 Å². The maximum Gasteiger partial charge on any atom is 0.234 e. The van der Waals surface area contributed by atoms with Crippen LogP contribution in [0, 0.1) is 5.41 Å². The lowest BCUT2D eigenvalue weighted by molar-refractivity contribution is -0.124. The summed E-state index contributed by atoms with van der Waals surface area (Å²) in [5, 5.41) is 3.19. The minimum atomic E-state index is 0. The largest absolute Gasteiger partial charge is 0.352 e. The Bertz CT molecular complexity index is 316. The van der Waals surface area contributed by atoms with Crippen LogP contribution in [0.15, 0.2) is 0 Å². The average molecular weight is 304 g/mol. The van der Waals surface area contributed by atoms with Crippen molar-refractivity contribution in [2.24, 2.45) is 11.1 Å². The summed E-state index contributed by atoms with van der Waals surface area (Å²) in [5.74, 6) is 0.193. The Balaban J connectivity index is 0.00000200. The van der Waals surface area contributed by atoms with Gasteiger partial charge in [0, 0.05) is 25.2 Å². The Morgan fingerprint density at radius 3 is 2.50 bits per heavy atom. The third-order valence-electron chi connectivity index (χ3n) is 4.73. The van der Waals surface area contributed by atoms with Crippen LogP contribution in [0.25, 0.3) is 0 Å². The quantitative estimate of drug-likeness (QED) is 0.837. The third kappa shape index (κ3) is 4.90. The Morgan fingerprint density at radius 1 is 1.25 bits per heavy atom. The van der Waals surface area contributed by atoms with Crippen molar-refractivity contribution in [1.29, 1.82) is 0 Å². The smallest absolute Gasteiger partial charge is 0.234 e. The molecule has 1 heterocycles. The maximum atomic E-state index is 12.1. The van der Waals surface area contributed by atoms with Crippen LogP contribution in [0.5, 0.6) is 0 Å². The molecule has 0 bridgehead atoms. The zero-order valence-electron chi connectivity index (χ0n) is 12.9. The van der Waals surface area contributed by atoms with Crippen molar-refractivity contribution in [3.05, 3.63) is 0 Å². The summed E-state index contributed by atoms with van der Waals surface area (Å²) in [6, 6.07) is 0.673. The highest BCUT2D eigenvalue weighted by molar-refractivity contribution is 5.85. The molecule has 1 aliphatic carbocycles. The molecule has 0 aromatic carbocycles. The van der Waals surface area contributed by atoms with Crippen molar-refractivity contribution < 1.29 is 4.79 Å². The summed E-state index contributed by atoms with van der Waals surface area (Å²) in [6.07, 6.45) is 7.14. The number of nitrogens with two attached hydrogens (primary N) is 1. The fourth-order valence-electron chi connectivity index (χ4n) is 3.34. The van der Waals surface area contributed by atoms with Gasteiger partial charge in [-0.15, -0.1) is 12.4 Å². The molecule has 1 aliphatic heterocycles. The van der Waals surface area contributed by atoms with Crippen LogP contribution in [0.4, 0.5) is 0 Å². The second-order valence-corrected chi connectivity index (χ2v) is 7.00. The number of rotatable bonds is 3. The van der Waals surface area contributed by atoms with Crippen LogP contribution in [0.1, 0.15) is 52.4 Å². The summed E-state index contributed by atoms with van der Waals surface area (Å²) in [4.78, 5) is 14.3. The summed E-state index contributed by atoms with van der Waals surface area (Å²) < 4.78 is 0. The lowest BCUT2D eigenvalue weighted by atomic mass is 9.80. The van der Waals surface area contributed by atoms with Crippen molar-refractivity contribution in [2.45, 2.75) is 64.5 Å². The van der Waals surface area contributed by atoms with E-state index in [1.165, 1.54) is 19.3 Å². The standard InChI is InChI=1S/C15H29N3O.ClH/c1-15(2)11-18(9-8-13(15)16)10-14(19)17-12-6-4-3-5-7-12;/h12-13H,3-11,16H2,1-2H3,(H,17,19);1H. The minimum Gasteiger partial charge on any atom is -0.352 e. The second-order valence-electron chi connectivity index (χ2n) is 7.00. The van der Waals surface area contributed by atoms with Gasteiger partial charge in [0.15, 0.2) is 0 Å². The van der Waals surface area contributed by atoms with E-state index in [0.29, 0.717) is 12.6 Å². The van der Waals surface area contributed by atoms with Crippen molar-refractivity contribution in [2.75, 3.05) is 19.6 Å². The zero-order valence-corrected chi connectivity index (χ0v) is 13.7. The van der Waals surface area contributed by atoms with Crippen LogP contribution < -0.4 is 11.1 Å². The van der Waals surface area contributed by atoms with E-state index in [2.05, 4.69) is 24.1 Å². The van der Waals surface area contributed by atoms with E-state index in [4.69, 9.17) is 5.73 Å². The number of carbonyl (C=O) groups is 1. The Labute approximate surface area is 129 Å². The van der Waals surface area contributed by atoms with Gasteiger partial charge in [0.25, 0.3) is 0 Å². The van der Waals surface area contributed by atoms with Gasteiger partial charge in [-0.3, -0.25) is 9.69 Å². The van der Waals surface area contributed by atoms with Crippen LogP contribution in [0.2, 0.25) is 0 Å². The molecule has 3 N–H and O–H groups in total. The summed E-state index contributed by atoms with van der Waals surface area (Å²) in [7, 11) is 0. The first-order chi connectivity index (χ1) is 8.97. The number of carbonyl (C=O) groups excluding carboxylic acids is 1. The highest BCUT2D eigenvalue weighted by Gasteiger charge is 2.34. The van der Waals surface area contributed by atoms with E-state index in [-0.39, 0.29) is 29.8 Å². The average Bonchev–Trinajstić information content (AvgIpc) is 2.34. The van der Waals surface area contributed by atoms with Gasteiger partial charge < -0.3 is 11.1 Å². The molecule has 1 saturated heterocycles. The molecule has 0 aromatic rings. The summed E-state index contributed by atoms with van der Waals surface area (Å²) in [6.45, 7) is 6.80. The highest BCUT2D eigenvalue weighted by Crippen LogP contribution is 2.27.